The van der Waals surface area contributed by atoms with E-state index in [0.717, 1.165) is 19.1 Å². The first-order chi connectivity index (χ1) is 14.7. The van der Waals surface area contributed by atoms with E-state index in [4.69, 9.17) is 34.3 Å². The molecule has 0 unspecified atom stereocenters. The number of halogens is 2. The van der Waals surface area contributed by atoms with Gasteiger partial charge in [-0.1, -0.05) is 29.3 Å². The molecule has 1 fully saturated rings. The van der Waals surface area contributed by atoms with Crippen LogP contribution in [-0.2, 0) is 7.05 Å². The minimum absolute atomic E-state index is 0.122. The van der Waals surface area contributed by atoms with Crippen molar-refractivity contribution in [3.63, 3.8) is 0 Å². The third-order valence-electron chi connectivity index (χ3n) is 5.25. The van der Waals surface area contributed by atoms with Crippen LogP contribution in [-0.4, -0.2) is 32.4 Å². The topological polar surface area (TPSA) is 122 Å². The van der Waals surface area contributed by atoms with Crippen LogP contribution in [0, 0.1) is 5.41 Å². The molecular weight excluding hydrogens is 437 g/mol. The smallest absolute Gasteiger partial charge is 0.253 e. The summed E-state index contributed by atoms with van der Waals surface area (Å²) in [5.74, 6) is 0.692. The van der Waals surface area contributed by atoms with E-state index in [1.54, 1.807) is 42.1 Å². The maximum Gasteiger partial charge on any atom is 0.253 e. The summed E-state index contributed by atoms with van der Waals surface area (Å²) in [4.78, 5) is 17.0. The number of anilines is 3. The molecule has 1 aliphatic rings. The van der Waals surface area contributed by atoms with Gasteiger partial charge in [0, 0.05) is 35.6 Å². The van der Waals surface area contributed by atoms with Crippen LogP contribution in [0.4, 0.5) is 17.3 Å². The molecule has 10 heteroatoms. The third kappa shape index (κ3) is 4.22. The summed E-state index contributed by atoms with van der Waals surface area (Å²) < 4.78 is 1.56. The van der Waals surface area contributed by atoms with Crippen LogP contribution in [0.5, 0.6) is 0 Å². The maximum absolute atomic E-state index is 12.5. The van der Waals surface area contributed by atoms with E-state index in [0.29, 0.717) is 49.9 Å². The first-order valence-electron chi connectivity index (χ1n) is 9.60. The number of hydrogen-bond acceptors (Lipinski definition) is 6. The number of carbonyl (C=O) groups excluding carboxylic acids is 1. The lowest BCUT2D eigenvalue weighted by molar-refractivity contribution is 0.0935. The van der Waals surface area contributed by atoms with Crippen molar-refractivity contribution in [1.29, 1.82) is 5.41 Å². The highest BCUT2D eigenvalue weighted by atomic mass is 35.5. The average molecular weight is 458 g/mol. The molecule has 31 heavy (non-hydrogen) atoms. The van der Waals surface area contributed by atoms with Gasteiger partial charge in [-0.3, -0.25) is 4.79 Å². The predicted octanol–water partition coefficient (Wildman–Crippen LogP) is 4.39. The van der Waals surface area contributed by atoms with Crippen LogP contribution in [0.2, 0.25) is 10.0 Å². The summed E-state index contributed by atoms with van der Waals surface area (Å²) >= 11 is 12.7. The highest BCUT2D eigenvalue weighted by molar-refractivity contribution is 6.36. The molecule has 0 saturated heterocycles. The molecule has 1 amide bonds. The number of nitrogens with two attached hydrogens (primary N) is 1. The van der Waals surface area contributed by atoms with Crippen LogP contribution in [0.25, 0.3) is 11.4 Å². The highest BCUT2D eigenvalue weighted by Crippen LogP contribution is 2.35. The lowest BCUT2D eigenvalue weighted by Crippen LogP contribution is -2.34. The second-order valence-corrected chi connectivity index (χ2v) is 8.58. The van der Waals surface area contributed by atoms with Gasteiger partial charge in [0.25, 0.3) is 5.91 Å². The van der Waals surface area contributed by atoms with Gasteiger partial charge in [-0.2, -0.15) is 4.98 Å². The fourth-order valence-electron chi connectivity index (χ4n) is 3.08. The van der Waals surface area contributed by atoms with Gasteiger partial charge in [0.05, 0.1) is 21.3 Å². The third-order valence-corrected chi connectivity index (χ3v) is 5.97. The number of benzene rings is 2. The zero-order valence-corrected chi connectivity index (χ0v) is 18.5. The molecule has 5 N–H and O–H groups in total. The van der Waals surface area contributed by atoms with E-state index in [1.807, 2.05) is 6.92 Å². The summed E-state index contributed by atoms with van der Waals surface area (Å²) in [6, 6.07) is 8.49. The van der Waals surface area contributed by atoms with Crippen molar-refractivity contribution in [2.75, 3.05) is 11.1 Å². The molecule has 1 saturated carbocycles. The van der Waals surface area contributed by atoms with Crippen LogP contribution in [0.15, 0.2) is 30.3 Å². The van der Waals surface area contributed by atoms with Gasteiger partial charge in [0.15, 0.2) is 5.82 Å². The van der Waals surface area contributed by atoms with Crippen molar-refractivity contribution in [3.05, 3.63) is 51.5 Å². The number of aryl methyl sites for hydroxylation is 1. The van der Waals surface area contributed by atoms with Gasteiger partial charge < -0.3 is 21.8 Å². The molecule has 8 nitrogen and oxygen atoms in total. The van der Waals surface area contributed by atoms with Gasteiger partial charge in [-0.05, 0) is 44.0 Å². The Morgan fingerprint density at radius 1 is 1.29 bits per heavy atom. The Kier molecular flexibility index (Phi) is 5.36. The van der Waals surface area contributed by atoms with Gasteiger partial charge >= 0.3 is 0 Å². The standard InChI is InChI=1S/C21H21Cl2N7O/c1-21(7-8-21)28-19(31)12-4-3-11(9-14(12)22)18-27-20(30(2)29-18)26-16-6-5-15(25)13(10-24)17(16)23/h3-6,9-10,24H,7-8,25H2,1-2H3,(H,28,31)(H,26,27,29). The highest BCUT2D eigenvalue weighted by Gasteiger charge is 2.39. The molecule has 0 radical (unpaired) electrons. The summed E-state index contributed by atoms with van der Waals surface area (Å²) in [6.07, 6.45) is 3.05. The molecule has 0 spiro atoms. The number of hydrogen-bond donors (Lipinski definition) is 4. The molecular formula is C21H21Cl2N7O. The average Bonchev–Trinajstić information content (AvgIpc) is 3.33. The van der Waals surface area contributed by atoms with Gasteiger partial charge in [-0.25, -0.2) is 4.68 Å². The summed E-state index contributed by atoms with van der Waals surface area (Å²) in [6.45, 7) is 2.01. The van der Waals surface area contributed by atoms with Crippen LogP contribution >= 0.6 is 23.2 Å². The van der Waals surface area contributed by atoms with Gasteiger partial charge in [0.2, 0.25) is 5.95 Å². The van der Waals surface area contributed by atoms with Crippen LogP contribution in [0.3, 0.4) is 0 Å². The molecule has 1 aliphatic carbocycles. The molecule has 3 aromatic rings. The number of nitrogen functional groups attached to an aromatic ring is 1. The first kappa shape index (κ1) is 21.1. The fourth-order valence-corrected chi connectivity index (χ4v) is 3.62. The molecule has 0 atom stereocenters. The second-order valence-electron chi connectivity index (χ2n) is 7.79. The van der Waals surface area contributed by atoms with Crippen molar-refractivity contribution in [2.45, 2.75) is 25.3 Å². The zero-order chi connectivity index (χ0) is 22.3. The van der Waals surface area contributed by atoms with Crippen molar-refractivity contribution < 1.29 is 4.79 Å². The Morgan fingerprint density at radius 3 is 2.68 bits per heavy atom. The van der Waals surface area contributed by atoms with Gasteiger partial charge in [-0.15, -0.1) is 5.10 Å². The van der Waals surface area contributed by atoms with E-state index in [9.17, 15) is 4.79 Å². The van der Waals surface area contributed by atoms with Crippen LogP contribution < -0.4 is 16.4 Å². The van der Waals surface area contributed by atoms with E-state index in [-0.39, 0.29) is 11.4 Å². The molecule has 0 bridgehead atoms. The van der Waals surface area contributed by atoms with Crippen molar-refractivity contribution >= 4 is 52.6 Å². The number of rotatable bonds is 6. The van der Waals surface area contributed by atoms with E-state index in [1.165, 1.54) is 0 Å². The summed E-state index contributed by atoms with van der Waals surface area (Å²) in [5.41, 5.74) is 8.21. The van der Waals surface area contributed by atoms with Crippen LogP contribution in [0.1, 0.15) is 35.7 Å². The molecule has 160 valence electrons. The summed E-state index contributed by atoms with van der Waals surface area (Å²) in [5, 5.41) is 18.7. The number of carbonyl (C=O) groups is 1. The van der Waals surface area contributed by atoms with Crippen molar-refractivity contribution in [1.82, 2.24) is 20.1 Å². The molecule has 4 rings (SSSR count). The number of nitrogens with zero attached hydrogens (tertiary/aromatic N) is 3. The SMILES string of the molecule is Cn1nc(-c2ccc(C(=O)NC3(C)CC3)c(Cl)c2)nc1Nc1ccc(N)c(C=N)c1Cl. The Hall–Kier alpha value is -3.10. The van der Waals surface area contributed by atoms with E-state index >= 15 is 0 Å². The Bertz CT molecular complexity index is 1200. The fraction of sp³-hybridized carbons (Fsp3) is 0.238. The molecule has 2 aromatic carbocycles. The van der Waals surface area contributed by atoms with E-state index < -0.39 is 0 Å². The number of nitrogens with one attached hydrogen (secondary N) is 3. The lowest BCUT2D eigenvalue weighted by atomic mass is 10.1. The number of amides is 1. The van der Waals surface area contributed by atoms with E-state index in [2.05, 4.69) is 20.7 Å². The largest absolute Gasteiger partial charge is 0.398 e. The minimum atomic E-state index is -0.187. The monoisotopic (exact) mass is 457 g/mol. The van der Waals surface area contributed by atoms with Crippen molar-refractivity contribution in [2.24, 2.45) is 7.05 Å². The normalized spacial score (nSPS) is 14.2. The minimum Gasteiger partial charge on any atom is -0.398 e. The Morgan fingerprint density at radius 2 is 2.03 bits per heavy atom. The second kappa shape index (κ2) is 7.86. The van der Waals surface area contributed by atoms with Crippen molar-refractivity contribution in [3.8, 4) is 11.4 Å². The molecule has 1 heterocycles. The molecule has 0 aliphatic heterocycles. The maximum atomic E-state index is 12.5. The quantitative estimate of drug-likeness (QED) is 0.322. The Labute approximate surface area is 189 Å². The first-order valence-corrected chi connectivity index (χ1v) is 10.4. The number of aromatic nitrogens is 3. The Balaban J connectivity index is 1.58. The van der Waals surface area contributed by atoms with Gasteiger partial charge in [0.1, 0.15) is 0 Å². The molecule has 1 aromatic heterocycles. The lowest BCUT2D eigenvalue weighted by Gasteiger charge is -2.12. The predicted molar refractivity (Wildman–Crippen MR) is 124 cm³/mol. The zero-order valence-electron chi connectivity index (χ0n) is 17.0. The summed E-state index contributed by atoms with van der Waals surface area (Å²) in [7, 11) is 1.74.